The van der Waals surface area contributed by atoms with Gasteiger partial charge in [0.2, 0.25) is 0 Å². The number of carbonyl (C=O) groups excluding carboxylic acids is 1. The summed E-state index contributed by atoms with van der Waals surface area (Å²) in [7, 11) is 3.09. The summed E-state index contributed by atoms with van der Waals surface area (Å²) in [5, 5.41) is 0. The molecular weight excluding hydrogens is 268 g/mol. The van der Waals surface area contributed by atoms with E-state index in [2.05, 4.69) is 24.0 Å². The number of hydrogen-bond donors (Lipinski definition) is 0. The van der Waals surface area contributed by atoms with E-state index >= 15 is 0 Å². The second-order valence-electron chi connectivity index (χ2n) is 5.26. The van der Waals surface area contributed by atoms with Crippen LogP contribution in [0.5, 0.6) is 0 Å². The van der Waals surface area contributed by atoms with E-state index in [0.717, 1.165) is 38.3 Å². The van der Waals surface area contributed by atoms with Gasteiger partial charge >= 0.3 is 6.09 Å². The Balaban J connectivity index is 2.11. The molecule has 5 heteroatoms. The molecule has 1 unspecified atom stereocenters. The molecule has 1 heterocycles. The average molecular weight is 292 g/mol. The summed E-state index contributed by atoms with van der Waals surface area (Å²) in [6, 6.07) is 8.45. The molecule has 0 spiro atoms. The van der Waals surface area contributed by atoms with Gasteiger partial charge in [0, 0.05) is 25.0 Å². The van der Waals surface area contributed by atoms with Crippen LogP contribution in [-0.4, -0.2) is 46.1 Å². The lowest BCUT2D eigenvalue weighted by molar-refractivity contribution is 0.0913. The molecule has 0 radical (unpaired) electrons. The Kier molecular flexibility index (Phi) is 5.44. The first-order chi connectivity index (χ1) is 10.2. The molecule has 0 aliphatic carbocycles. The van der Waals surface area contributed by atoms with Gasteiger partial charge in [-0.3, -0.25) is 4.90 Å². The minimum atomic E-state index is -0.363. The second kappa shape index (κ2) is 7.31. The number of hydrogen-bond acceptors (Lipinski definition) is 4. The molecule has 1 amide bonds. The predicted octanol–water partition coefficient (Wildman–Crippen LogP) is 2.89. The smallest absolute Gasteiger partial charge is 0.413 e. The van der Waals surface area contributed by atoms with Gasteiger partial charge in [-0.05, 0) is 30.7 Å². The molecule has 116 valence electrons. The van der Waals surface area contributed by atoms with E-state index < -0.39 is 0 Å². The minimum absolute atomic E-state index is 0.363. The van der Waals surface area contributed by atoms with E-state index in [1.54, 1.807) is 7.05 Å². The van der Waals surface area contributed by atoms with Crippen molar-refractivity contribution < 1.29 is 14.3 Å². The van der Waals surface area contributed by atoms with Gasteiger partial charge < -0.3 is 14.4 Å². The highest BCUT2D eigenvalue weighted by atomic mass is 16.5. The van der Waals surface area contributed by atoms with Crippen LogP contribution in [-0.2, 0) is 9.47 Å². The summed E-state index contributed by atoms with van der Waals surface area (Å²) in [5.74, 6) is 0. The van der Waals surface area contributed by atoms with Gasteiger partial charge in [0.05, 0.1) is 26.4 Å². The SMILES string of the molecule is CCCC1COCCN1c1ccc(N(C)C(=O)OC)cc1. The van der Waals surface area contributed by atoms with E-state index in [4.69, 9.17) is 9.47 Å². The van der Waals surface area contributed by atoms with Gasteiger partial charge in [-0.1, -0.05) is 13.3 Å². The van der Waals surface area contributed by atoms with Crippen LogP contribution >= 0.6 is 0 Å². The van der Waals surface area contributed by atoms with Crippen LogP contribution in [0.3, 0.4) is 0 Å². The maximum Gasteiger partial charge on any atom is 0.413 e. The Morgan fingerprint density at radius 2 is 2.14 bits per heavy atom. The first kappa shape index (κ1) is 15.6. The quantitative estimate of drug-likeness (QED) is 0.855. The highest BCUT2D eigenvalue weighted by Gasteiger charge is 2.22. The summed E-state index contributed by atoms with van der Waals surface area (Å²) in [4.78, 5) is 15.4. The van der Waals surface area contributed by atoms with Crippen LogP contribution in [0.4, 0.5) is 16.2 Å². The van der Waals surface area contributed by atoms with Crippen molar-refractivity contribution in [2.75, 3.05) is 43.7 Å². The van der Waals surface area contributed by atoms with Crippen LogP contribution < -0.4 is 9.80 Å². The lowest BCUT2D eigenvalue weighted by Gasteiger charge is -2.37. The van der Waals surface area contributed by atoms with Crippen LogP contribution in [0.1, 0.15) is 19.8 Å². The van der Waals surface area contributed by atoms with E-state index in [9.17, 15) is 4.79 Å². The first-order valence-corrected chi connectivity index (χ1v) is 7.43. The van der Waals surface area contributed by atoms with Crippen LogP contribution in [0.2, 0.25) is 0 Å². The number of amides is 1. The van der Waals surface area contributed by atoms with Gasteiger partial charge in [-0.15, -0.1) is 0 Å². The molecule has 1 aromatic rings. The number of carbonyl (C=O) groups is 1. The third-order valence-corrected chi connectivity index (χ3v) is 3.87. The van der Waals surface area contributed by atoms with Gasteiger partial charge in [-0.25, -0.2) is 4.79 Å². The van der Waals surface area contributed by atoms with E-state index in [1.165, 1.54) is 17.7 Å². The predicted molar refractivity (Wildman–Crippen MR) is 84.1 cm³/mol. The molecule has 21 heavy (non-hydrogen) atoms. The number of anilines is 2. The van der Waals surface area contributed by atoms with Gasteiger partial charge in [0.25, 0.3) is 0 Å². The van der Waals surface area contributed by atoms with Crippen molar-refractivity contribution in [3.63, 3.8) is 0 Å². The molecule has 1 fully saturated rings. The molecule has 5 nitrogen and oxygen atoms in total. The molecule has 1 saturated heterocycles. The number of morpholine rings is 1. The average Bonchev–Trinajstić information content (AvgIpc) is 2.54. The standard InChI is InChI=1S/C16H24N2O3/c1-4-5-15-12-21-11-10-18(15)14-8-6-13(7-9-14)17(2)16(19)20-3/h6-9,15H,4-5,10-12H2,1-3H3. The van der Waals surface area contributed by atoms with Crippen molar-refractivity contribution in [3.8, 4) is 0 Å². The summed E-state index contributed by atoms with van der Waals surface area (Å²) in [6.45, 7) is 4.67. The Hall–Kier alpha value is -1.75. The van der Waals surface area contributed by atoms with E-state index in [-0.39, 0.29) is 6.09 Å². The van der Waals surface area contributed by atoms with Gasteiger partial charge in [-0.2, -0.15) is 0 Å². The van der Waals surface area contributed by atoms with Gasteiger partial charge in [0.15, 0.2) is 0 Å². The van der Waals surface area contributed by atoms with Crippen LogP contribution in [0, 0.1) is 0 Å². The second-order valence-corrected chi connectivity index (χ2v) is 5.26. The summed E-state index contributed by atoms with van der Waals surface area (Å²) in [6.07, 6.45) is 1.91. The summed E-state index contributed by atoms with van der Waals surface area (Å²) < 4.78 is 10.3. The summed E-state index contributed by atoms with van der Waals surface area (Å²) >= 11 is 0. The topological polar surface area (TPSA) is 42.0 Å². The fraction of sp³-hybridized carbons (Fsp3) is 0.562. The molecule has 1 aliphatic heterocycles. The highest BCUT2D eigenvalue weighted by molar-refractivity contribution is 5.87. The maximum absolute atomic E-state index is 11.5. The Bertz CT molecular complexity index is 459. The van der Waals surface area contributed by atoms with Crippen molar-refractivity contribution >= 4 is 17.5 Å². The molecule has 1 atom stereocenters. The Morgan fingerprint density at radius 3 is 2.76 bits per heavy atom. The number of ether oxygens (including phenoxy) is 2. The zero-order valence-electron chi connectivity index (χ0n) is 13.0. The normalized spacial score (nSPS) is 18.4. The molecule has 1 aromatic carbocycles. The van der Waals surface area contributed by atoms with Crippen molar-refractivity contribution in [2.24, 2.45) is 0 Å². The fourth-order valence-corrected chi connectivity index (χ4v) is 2.68. The van der Waals surface area contributed by atoms with Crippen molar-refractivity contribution in [2.45, 2.75) is 25.8 Å². The molecule has 0 saturated carbocycles. The summed E-state index contributed by atoms with van der Waals surface area (Å²) in [5.41, 5.74) is 2.00. The maximum atomic E-state index is 11.5. The molecule has 0 bridgehead atoms. The van der Waals surface area contributed by atoms with Crippen molar-refractivity contribution in [1.29, 1.82) is 0 Å². The van der Waals surface area contributed by atoms with E-state index in [0.29, 0.717) is 6.04 Å². The monoisotopic (exact) mass is 292 g/mol. The van der Waals surface area contributed by atoms with Gasteiger partial charge in [0.1, 0.15) is 0 Å². The molecule has 2 rings (SSSR count). The lowest BCUT2D eigenvalue weighted by atomic mass is 10.1. The highest BCUT2D eigenvalue weighted by Crippen LogP contribution is 2.25. The van der Waals surface area contributed by atoms with Crippen LogP contribution in [0.15, 0.2) is 24.3 Å². The Labute approximate surface area is 126 Å². The molecule has 0 aromatic heterocycles. The molecule has 1 aliphatic rings. The zero-order chi connectivity index (χ0) is 15.2. The molecule has 0 N–H and O–H groups in total. The number of methoxy groups -OCH3 is 1. The third-order valence-electron chi connectivity index (χ3n) is 3.87. The van der Waals surface area contributed by atoms with Crippen LogP contribution in [0.25, 0.3) is 0 Å². The Morgan fingerprint density at radius 1 is 1.43 bits per heavy atom. The number of benzene rings is 1. The van der Waals surface area contributed by atoms with Crippen molar-refractivity contribution in [3.05, 3.63) is 24.3 Å². The fourth-order valence-electron chi connectivity index (χ4n) is 2.68. The van der Waals surface area contributed by atoms with Crippen molar-refractivity contribution in [1.82, 2.24) is 0 Å². The lowest BCUT2D eigenvalue weighted by Crippen LogP contribution is -2.45. The van der Waals surface area contributed by atoms with E-state index in [1.807, 2.05) is 12.1 Å². The minimum Gasteiger partial charge on any atom is -0.452 e. The first-order valence-electron chi connectivity index (χ1n) is 7.43. The number of nitrogens with zero attached hydrogens (tertiary/aromatic N) is 2. The molecular formula is C16H24N2O3. The number of rotatable bonds is 4. The third kappa shape index (κ3) is 3.67. The largest absolute Gasteiger partial charge is 0.452 e. The zero-order valence-corrected chi connectivity index (χ0v) is 13.0.